The van der Waals surface area contributed by atoms with Crippen LogP contribution in [-0.2, 0) is 9.47 Å². The standard InChI is InChI=1S/C7H14O5/c1-11-7-6(10)5(9)2-4(3-8)12-7/h4-10H,2-3H2,1H3. The molecule has 5 nitrogen and oxygen atoms in total. The second kappa shape index (κ2) is 4.15. The van der Waals surface area contributed by atoms with Gasteiger partial charge in [-0.2, -0.15) is 0 Å². The van der Waals surface area contributed by atoms with Crippen molar-refractivity contribution in [3.05, 3.63) is 0 Å². The van der Waals surface area contributed by atoms with E-state index >= 15 is 0 Å². The van der Waals surface area contributed by atoms with Crippen molar-refractivity contribution in [3.63, 3.8) is 0 Å². The van der Waals surface area contributed by atoms with Crippen LogP contribution in [0.3, 0.4) is 0 Å². The van der Waals surface area contributed by atoms with Gasteiger partial charge in [0.2, 0.25) is 0 Å². The lowest BCUT2D eigenvalue weighted by molar-refractivity contribution is -0.262. The lowest BCUT2D eigenvalue weighted by Gasteiger charge is -2.35. The molecular weight excluding hydrogens is 164 g/mol. The summed E-state index contributed by atoms with van der Waals surface area (Å²) in [4.78, 5) is 0. The Morgan fingerprint density at radius 2 is 2.17 bits per heavy atom. The molecule has 1 fully saturated rings. The summed E-state index contributed by atoms with van der Waals surface area (Å²) in [6.45, 7) is -0.177. The highest BCUT2D eigenvalue weighted by atomic mass is 16.7. The molecule has 72 valence electrons. The van der Waals surface area contributed by atoms with Crippen molar-refractivity contribution in [1.82, 2.24) is 0 Å². The fourth-order valence-corrected chi connectivity index (χ4v) is 1.23. The van der Waals surface area contributed by atoms with Gasteiger partial charge in [-0.3, -0.25) is 0 Å². The Balaban J connectivity index is 2.52. The molecule has 0 aromatic heterocycles. The van der Waals surface area contributed by atoms with Crippen LogP contribution in [0.25, 0.3) is 0 Å². The topological polar surface area (TPSA) is 79.2 Å². The summed E-state index contributed by atoms with van der Waals surface area (Å²) in [5.41, 5.74) is 0. The molecule has 0 amide bonds. The first kappa shape index (κ1) is 9.88. The molecule has 0 aromatic rings. The first-order valence-electron chi connectivity index (χ1n) is 3.84. The molecule has 1 saturated heterocycles. The molecule has 5 heteroatoms. The molecule has 4 unspecified atom stereocenters. The molecule has 12 heavy (non-hydrogen) atoms. The van der Waals surface area contributed by atoms with Crippen LogP contribution in [0.4, 0.5) is 0 Å². The van der Waals surface area contributed by atoms with Crippen molar-refractivity contribution in [2.24, 2.45) is 0 Å². The van der Waals surface area contributed by atoms with Gasteiger partial charge in [-0.05, 0) is 0 Å². The molecule has 0 radical (unpaired) electrons. The van der Waals surface area contributed by atoms with Gasteiger partial charge < -0.3 is 24.8 Å². The fourth-order valence-electron chi connectivity index (χ4n) is 1.23. The zero-order chi connectivity index (χ0) is 9.14. The van der Waals surface area contributed by atoms with Crippen molar-refractivity contribution in [2.45, 2.75) is 31.0 Å². The minimum absolute atomic E-state index is 0.177. The zero-order valence-corrected chi connectivity index (χ0v) is 6.88. The Bertz CT molecular complexity index is 140. The van der Waals surface area contributed by atoms with Gasteiger partial charge >= 0.3 is 0 Å². The van der Waals surface area contributed by atoms with Gasteiger partial charge in [0.15, 0.2) is 6.29 Å². The Labute approximate surface area is 70.5 Å². The maximum Gasteiger partial charge on any atom is 0.186 e. The highest BCUT2D eigenvalue weighted by Gasteiger charge is 2.36. The lowest BCUT2D eigenvalue weighted by Crippen LogP contribution is -2.49. The molecule has 0 aromatic carbocycles. The van der Waals surface area contributed by atoms with Crippen LogP contribution in [0, 0.1) is 0 Å². The summed E-state index contributed by atoms with van der Waals surface area (Å²) < 4.78 is 9.85. The highest BCUT2D eigenvalue weighted by Crippen LogP contribution is 2.20. The second-order valence-corrected chi connectivity index (χ2v) is 2.84. The van der Waals surface area contributed by atoms with Gasteiger partial charge in [0.05, 0.1) is 18.8 Å². The normalized spacial score (nSPS) is 43.0. The lowest BCUT2D eigenvalue weighted by atomic mass is 10.0. The largest absolute Gasteiger partial charge is 0.394 e. The summed E-state index contributed by atoms with van der Waals surface area (Å²) in [5.74, 6) is 0. The van der Waals surface area contributed by atoms with Crippen molar-refractivity contribution in [3.8, 4) is 0 Å². The van der Waals surface area contributed by atoms with Gasteiger partial charge in [-0.1, -0.05) is 0 Å². The van der Waals surface area contributed by atoms with Crippen LogP contribution >= 0.6 is 0 Å². The van der Waals surface area contributed by atoms with E-state index in [1.54, 1.807) is 0 Å². The quantitative estimate of drug-likeness (QED) is 0.477. The minimum atomic E-state index is -1.03. The zero-order valence-electron chi connectivity index (χ0n) is 6.88. The molecule has 3 N–H and O–H groups in total. The smallest absolute Gasteiger partial charge is 0.186 e. The highest BCUT2D eigenvalue weighted by molar-refractivity contribution is 4.80. The van der Waals surface area contributed by atoms with E-state index in [0.29, 0.717) is 0 Å². The molecule has 4 atom stereocenters. The third kappa shape index (κ3) is 1.94. The van der Waals surface area contributed by atoms with E-state index in [4.69, 9.17) is 14.6 Å². The molecule has 1 rings (SSSR count). The number of hydrogen-bond acceptors (Lipinski definition) is 5. The maximum absolute atomic E-state index is 9.27. The van der Waals surface area contributed by atoms with E-state index in [1.165, 1.54) is 7.11 Å². The van der Waals surface area contributed by atoms with Crippen LogP contribution < -0.4 is 0 Å². The number of ether oxygens (including phenoxy) is 2. The predicted molar refractivity (Wildman–Crippen MR) is 39.4 cm³/mol. The second-order valence-electron chi connectivity index (χ2n) is 2.84. The minimum Gasteiger partial charge on any atom is -0.394 e. The SMILES string of the molecule is COC1OC(CO)CC(O)C1O. The Morgan fingerprint density at radius 1 is 1.50 bits per heavy atom. The summed E-state index contributed by atoms with van der Waals surface area (Å²) in [6.07, 6.45) is -2.98. The van der Waals surface area contributed by atoms with Crippen molar-refractivity contribution >= 4 is 0 Å². The van der Waals surface area contributed by atoms with Crippen molar-refractivity contribution in [1.29, 1.82) is 0 Å². The average Bonchev–Trinajstić information content (AvgIpc) is 2.09. The molecule has 0 bridgehead atoms. The molecule has 0 aliphatic carbocycles. The first-order valence-corrected chi connectivity index (χ1v) is 3.84. The van der Waals surface area contributed by atoms with Gasteiger partial charge in [-0.25, -0.2) is 0 Å². The van der Waals surface area contributed by atoms with Crippen LogP contribution in [0.2, 0.25) is 0 Å². The number of rotatable bonds is 2. The van der Waals surface area contributed by atoms with Crippen LogP contribution in [0.15, 0.2) is 0 Å². The summed E-state index contributed by atoms with van der Waals surface area (Å²) in [5, 5.41) is 27.3. The average molecular weight is 178 g/mol. The van der Waals surface area contributed by atoms with Gasteiger partial charge in [0.1, 0.15) is 6.10 Å². The summed E-state index contributed by atoms with van der Waals surface area (Å²) in [7, 11) is 1.38. The van der Waals surface area contributed by atoms with Crippen molar-refractivity contribution < 1.29 is 24.8 Å². The van der Waals surface area contributed by atoms with E-state index in [-0.39, 0.29) is 13.0 Å². The number of hydrogen-bond donors (Lipinski definition) is 3. The van der Waals surface area contributed by atoms with Gasteiger partial charge in [0.25, 0.3) is 0 Å². The third-order valence-electron chi connectivity index (χ3n) is 1.94. The van der Waals surface area contributed by atoms with Crippen molar-refractivity contribution in [2.75, 3.05) is 13.7 Å². The fraction of sp³-hybridized carbons (Fsp3) is 1.00. The molecule has 1 aliphatic heterocycles. The Morgan fingerprint density at radius 3 is 2.67 bits per heavy atom. The summed E-state index contributed by atoms with van der Waals surface area (Å²) >= 11 is 0. The van der Waals surface area contributed by atoms with E-state index in [1.807, 2.05) is 0 Å². The molecular formula is C7H14O5. The third-order valence-corrected chi connectivity index (χ3v) is 1.94. The number of aliphatic hydroxyl groups is 3. The van der Waals surface area contributed by atoms with Gasteiger partial charge in [0, 0.05) is 13.5 Å². The number of methoxy groups -OCH3 is 1. The van der Waals surface area contributed by atoms with Crippen LogP contribution in [-0.4, -0.2) is 53.6 Å². The Hall–Kier alpha value is -0.200. The van der Waals surface area contributed by atoms with E-state index in [0.717, 1.165) is 0 Å². The monoisotopic (exact) mass is 178 g/mol. The van der Waals surface area contributed by atoms with E-state index in [9.17, 15) is 10.2 Å². The maximum atomic E-state index is 9.27. The van der Waals surface area contributed by atoms with Crippen LogP contribution in [0.1, 0.15) is 6.42 Å². The first-order chi connectivity index (χ1) is 5.69. The predicted octanol–water partition coefficient (Wildman–Crippen LogP) is -1.54. The van der Waals surface area contributed by atoms with Gasteiger partial charge in [-0.15, -0.1) is 0 Å². The van der Waals surface area contributed by atoms with E-state index in [2.05, 4.69) is 0 Å². The summed E-state index contributed by atoms with van der Waals surface area (Å²) in [6, 6.07) is 0. The Kier molecular flexibility index (Phi) is 3.42. The van der Waals surface area contributed by atoms with Crippen LogP contribution in [0.5, 0.6) is 0 Å². The molecule has 1 heterocycles. The van der Waals surface area contributed by atoms with E-state index < -0.39 is 24.6 Å². The molecule has 1 aliphatic rings. The number of aliphatic hydroxyl groups excluding tert-OH is 3. The molecule has 0 saturated carbocycles. The molecule has 0 spiro atoms.